The van der Waals surface area contributed by atoms with Gasteiger partial charge in [0.2, 0.25) is 0 Å². The highest BCUT2D eigenvalue weighted by Gasteiger charge is 2.19. The Kier molecular flexibility index (Phi) is 4.78. The summed E-state index contributed by atoms with van der Waals surface area (Å²) in [5.41, 5.74) is 4.38. The number of benzene rings is 1. The van der Waals surface area contributed by atoms with Gasteiger partial charge in [0, 0.05) is 43.0 Å². The second-order valence-electron chi connectivity index (χ2n) is 6.53. The Morgan fingerprint density at radius 3 is 2.89 bits per heavy atom. The fraction of sp³-hybridized carbons (Fsp3) is 0.238. The Hall–Kier alpha value is -3.28. The number of carbonyl (C=O) groups excluding carboxylic acids is 1. The van der Waals surface area contributed by atoms with Gasteiger partial charge >= 0.3 is 6.03 Å². The number of aromatic nitrogens is 2. The minimum absolute atomic E-state index is 0.0401. The molecule has 1 aromatic carbocycles. The summed E-state index contributed by atoms with van der Waals surface area (Å²) in [6, 6.07) is 11.7. The molecule has 1 aliphatic rings. The Bertz CT molecular complexity index is 975. The fourth-order valence-electron chi connectivity index (χ4n) is 3.35. The molecule has 138 valence electrons. The van der Waals surface area contributed by atoms with Gasteiger partial charge in [-0.05, 0) is 41.8 Å². The summed E-state index contributed by atoms with van der Waals surface area (Å²) in [4.78, 5) is 21.8. The third kappa shape index (κ3) is 3.65. The zero-order chi connectivity index (χ0) is 18.6. The molecule has 4 rings (SSSR count). The van der Waals surface area contributed by atoms with E-state index in [0.717, 1.165) is 28.8 Å². The van der Waals surface area contributed by atoms with E-state index >= 15 is 0 Å². The molecular formula is C21H22N4O2. The van der Waals surface area contributed by atoms with Gasteiger partial charge in [-0.15, -0.1) is 0 Å². The topological polar surface area (TPSA) is 70.2 Å². The molecule has 0 atom stereocenters. The summed E-state index contributed by atoms with van der Waals surface area (Å²) in [7, 11) is 1.64. The summed E-state index contributed by atoms with van der Waals surface area (Å²) >= 11 is 0. The lowest BCUT2D eigenvalue weighted by Gasteiger charge is -2.26. The van der Waals surface area contributed by atoms with E-state index in [2.05, 4.69) is 27.4 Å². The number of rotatable bonds is 4. The predicted molar refractivity (Wildman–Crippen MR) is 105 cm³/mol. The number of carbonyl (C=O) groups is 1. The van der Waals surface area contributed by atoms with Gasteiger partial charge in [0.1, 0.15) is 11.4 Å². The maximum Gasteiger partial charge on any atom is 0.317 e. The molecule has 2 N–H and O–H groups in total. The van der Waals surface area contributed by atoms with Crippen molar-refractivity contribution >= 4 is 22.6 Å². The molecule has 0 aliphatic carbocycles. The van der Waals surface area contributed by atoms with Crippen LogP contribution in [0.4, 0.5) is 4.79 Å². The second-order valence-corrected chi connectivity index (χ2v) is 6.53. The molecule has 0 unspecified atom stereocenters. The zero-order valence-electron chi connectivity index (χ0n) is 15.2. The molecule has 0 radical (unpaired) electrons. The monoisotopic (exact) mass is 362 g/mol. The lowest BCUT2D eigenvalue weighted by atomic mass is 10.00. The Morgan fingerprint density at radius 2 is 2.15 bits per heavy atom. The number of hydrogen-bond acceptors (Lipinski definition) is 3. The van der Waals surface area contributed by atoms with E-state index in [1.807, 2.05) is 41.4 Å². The molecule has 0 spiro atoms. The number of pyridine rings is 1. The lowest BCUT2D eigenvalue weighted by molar-refractivity contribution is 0.202. The highest BCUT2D eigenvalue weighted by Crippen LogP contribution is 2.28. The largest absolute Gasteiger partial charge is 0.497 e. The number of ether oxygens (including phenoxy) is 1. The Labute approximate surface area is 157 Å². The van der Waals surface area contributed by atoms with Crippen LogP contribution in [0, 0.1) is 0 Å². The van der Waals surface area contributed by atoms with E-state index < -0.39 is 0 Å². The first kappa shape index (κ1) is 17.1. The van der Waals surface area contributed by atoms with E-state index in [4.69, 9.17) is 4.74 Å². The summed E-state index contributed by atoms with van der Waals surface area (Å²) in [6.07, 6.45) is 6.75. The van der Waals surface area contributed by atoms with Crippen molar-refractivity contribution in [1.29, 1.82) is 0 Å². The summed E-state index contributed by atoms with van der Waals surface area (Å²) in [5, 5.41) is 4.11. The van der Waals surface area contributed by atoms with Crippen molar-refractivity contribution in [3.8, 4) is 5.75 Å². The summed E-state index contributed by atoms with van der Waals surface area (Å²) in [6.45, 7) is 1.81. The summed E-state index contributed by atoms with van der Waals surface area (Å²) in [5.74, 6) is 0.811. The van der Waals surface area contributed by atoms with Crippen LogP contribution in [0.3, 0.4) is 0 Å². The maximum atomic E-state index is 12.4. The van der Waals surface area contributed by atoms with Gasteiger partial charge < -0.3 is 19.9 Å². The van der Waals surface area contributed by atoms with Crippen molar-refractivity contribution < 1.29 is 9.53 Å². The van der Waals surface area contributed by atoms with Crippen LogP contribution in [0.2, 0.25) is 0 Å². The third-order valence-electron chi connectivity index (χ3n) is 4.90. The lowest BCUT2D eigenvalue weighted by Crippen LogP contribution is -2.41. The number of hydrogen-bond donors (Lipinski definition) is 2. The number of methoxy groups -OCH3 is 1. The molecule has 6 nitrogen and oxygen atoms in total. The molecule has 2 amide bonds. The van der Waals surface area contributed by atoms with Crippen LogP contribution in [-0.4, -0.2) is 41.1 Å². The van der Waals surface area contributed by atoms with Gasteiger partial charge in [-0.3, -0.25) is 0 Å². The van der Waals surface area contributed by atoms with Gasteiger partial charge in [0.25, 0.3) is 0 Å². The normalized spacial score (nSPS) is 14.1. The van der Waals surface area contributed by atoms with E-state index in [0.29, 0.717) is 19.6 Å². The van der Waals surface area contributed by atoms with Crippen LogP contribution in [0.1, 0.15) is 17.5 Å². The number of fused-ring (bicyclic) bond motifs is 1. The highest BCUT2D eigenvalue weighted by molar-refractivity contribution is 5.91. The third-order valence-corrected chi connectivity index (χ3v) is 4.90. The second kappa shape index (κ2) is 7.53. The van der Waals surface area contributed by atoms with Crippen LogP contribution in [0.15, 0.2) is 54.9 Å². The zero-order valence-corrected chi connectivity index (χ0v) is 15.2. The number of aromatic amines is 1. The summed E-state index contributed by atoms with van der Waals surface area (Å²) < 4.78 is 5.15. The first-order valence-corrected chi connectivity index (χ1v) is 9.02. The molecular weight excluding hydrogens is 340 g/mol. The van der Waals surface area contributed by atoms with Gasteiger partial charge in [0.05, 0.1) is 7.11 Å². The van der Waals surface area contributed by atoms with Gasteiger partial charge in [0.15, 0.2) is 0 Å². The molecule has 0 bridgehead atoms. The maximum absolute atomic E-state index is 12.4. The van der Waals surface area contributed by atoms with Crippen LogP contribution in [0.25, 0.3) is 16.6 Å². The SMILES string of the molecule is COc1ccc(CNC(=O)N2CC=C(c3c[nH]c4ncccc34)CC2)cc1. The van der Waals surface area contributed by atoms with Crippen molar-refractivity contribution in [1.82, 2.24) is 20.2 Å². The van der Waals surface area contributed by atoms with Crippen LogP contribution in [0.5, 0.6) is 5.75 Å². The number of nitrogens with one attached hydrogen (secondary N) is 2. The average Bonchev–Trinajstić information content (AvgIpc) is 3.16. The molecule has 3 aromatic rings. The average molecular weight is 362 g/mol. The smallest absolute Gasteiger partial charge is 0.317 e. The Balaban J connectivity index is 1.37. The van der Waals surface area contributed by atoms with Crippen molar-refractivity contribution in [2.45, 2.75) is 13.0 Å². The van der Waals surface area contributed by atoms with E-state index in [1.165, 1.54) is 11.1 Å². The van der Waals surface area contributed by atoms with Crippen molar-refractivity contribution in [3.05, 3.63) is 66.0 Å². The van der Waals surface area contributed by atoms with Crippen LogP contribution >= 0.6 is 0 Å². The minimum Gasteiger partial charge on any atom is -0.497 e. The van der Waals surface area contributed by atoms with Crippen molar-refractivity contribution in [2.24, 2.45) is 0 Å². The first-order valence-electron chi connectivity index (χ1n) is 9.02. The van der Waals surface area contributed by atoms with E-state index in [-0.39, 0.29) is 6.03 Å². The van der Waals surface area contributed by atoms with Gasteiger partial charge in [-0.25, -0.2) is 9.78 Å². The molecule has 6 heteroatoms. The van der Waals surface area contributed by atoms with E-state index in [1.54, 1.807) is 13.3 Å². The number of amides is 2. The quantitative estimate of drug-likeness (QED) is 0.745. The minimum atomic E-state index is -0.0401. The first-order chi connectivity index (χ1) is 13.2. The van der Waals surface area contributed by atoms with Gasteiger partial charge in [-0.2, -0.15) is 0 Å². The molecule has 0 fully saturated rings. The van der Waals surface area contributed by atoms with Crippen LogP contribution in [-0.2, 0) is 6.54 Å². The van der Waals surface area contributed by atoms with E-state index in [9.17, 15) is 4.79 Å². The van der Waals surface area contributed by atoms with Gasteiger partial charge in [-0.1, -0.05) is 18.2 Å². The molecule has 0 saturated heterocycles. The number of urea groups is 1. The molecule has 1 aliphatic heterocycles. The number of H-pyrrole nitrogens is 1. The molecule has 3 heterocycles. The van der Waals surface area contributed by atoms with Crippen LogP contribution < -0.4 is 10.1 Å². The molecule has 27 heavy (non-hydrogen) atoms. The molecule has 2 aromatic heterocycles. The standard InChI is InChI=1S/C21H22N4O2/c1-27-17-6-4-15(5-7-17)13-24-21(26)25-11-8-16(9-12-25)19-14-23-20-18(19)3-2-10-22-20/h2-8,10,14H,9,11-13H2,1H3,(H,22,23)(H,24,26). The highest BCUT2D eigenvalue weighted by atomic mass is 16.5. The molecule has 0 saturated carbocycles. The van der Waals surface area contributed by atoms with Crippen molar-refractivity contribution in [3.63, 3.8) is 0 Å². The fourth-order valence-corrected chi connectivity index (χ4v) is 3.35. The van der Waals surface area contributed by atoms with Crippen molar-refractivity contribution in [2.75, 3.05) is 20.2 Å². The predicted octanol–water partition coefficient (Wildman–Crippen LogP) is 3.57. The number of nitrogens with zero attached hydrogens (tertiary/aromatic N) is 2. The Morgan fingerprint density at radius 1 is 1.30 bits per heavy atom.